The second-order valence-corrected chi connectivity index (χ2v) is 4.56. The first-order valence-electron chi connectivity index (χ1n) is 5.93. The molecule has 0 aliphatic carbocycles. The van der Waals surface area contributed by atoms with Crippen molar-refractivity contribution in [3.63, 3.8) is 0 Å². The number of rotatable bonds is 10. The summed E-state index contributed by atoms with van der Waals surface area (Å²) in [5.74, 6) is 1.22. The van der Waals surface area contributed by atoms with Gasteiger partial charge in [-0.2, -0.15) is 0 Å². The molecule has 0 aliphatic heterocycles. The topological polar surface area (TPSA) is 52.6 Å². The number of hydrogen-bond acceptors (Lipinski definition) is 4. The summed E-state index contributed by atoms with van der Waals surface area (Å²) < 4.78 is 10.5. The molecule has 0 unspecified atom stereocenters. The summed E-state index contributed by atoms with van der Waals surface area (Å²) in [5.41, 5.74) is -1.21. The highest BCUT2D eigenvalue weighted by molar-refractivity contribution is 6.18. The highest BCUT2D eigenvalue weighted by atomic mass is 35.5. The average Bonchev–Trinajstić information content (AvgIpc) is 2.39. The van der Waals surface area contributed by atoms with E-state index in [9.17, 15) is 9.59 Å². The van der Waals surface area contributed by atoms with Crippen molar-refractivity contribution in [2.45, 2.75) is 25.7 Å². The van der Waals surface area contributed by atoms with Crippen LogP contribution in [0, 0.1) is 0 Å². The van der Waals surface area contributed by atoms with Crippen LogP contribution in [0.4, 0.5) is 0 Å². The Morgan fingerprint density at radius 3 is 1.44 bits per heavy atom. The Balaban J connectivity index is 2.40. The van der Waals surface area contributed by atoms with Crippen LogP contribution in [-0.4, -0.2) is 25.0 Å². The van der Waals surface area contributed by atoms with Gasteiger partial charge in [-0.1, -0.05) is 0 Å². The lowest BCUT2D eigenvalue weighted by molar-refractivity contribution is 0.250. The van der Waals surface area contributed by atoms with Gasteiger partial charge in [-0.15, -0.1) is 23.2 Å². The molecule has 102 valence electrons. The van der Waals surface area contributed by atoms with Gasteiger partial charge in [0.1, 0.15) is 0 Å². The van der Waals surface area contributed by atoms with Gasteiger partial charge in [-0.05, 0) is 25.7 Å². The first-order valence-corrected chi connectivity index (χ1v) is 7.00. The number of alkyl halides is 2. The maximum Gasteiger partial charge on any atom is 0.275 e. The molecule has 0 aliphatic rings. The van der Waals surface area contributed by atoms with Gasteiger partial charge in [0.25, 0.3) is 10.9 Å². The van der Waals surface area contributed by atoms with Gasteiger partial charge >= 0.3 is 0 Å². The third-order valence-electron chi connectivity index (χ3n) is 2.37. The van der Waals surface area contributed by atoms with E-state index in [-0.39, 0.29) is 11.5 Å². The van der Waals surface area contributed by atoms with Crippen molar-refractivity contribution in [3.8, 4) is 11.5 Å². The van der Waals surface area contributed by atoms with Crippen molar-refractivity contribution in [2.75, 3.05) is 25.0 Å². The van der Waals surface area contributed by atoms with Crippen LogP contribution in [0.1, 0.15) is 25.7 Å². The molecule has 0 radical (unpaired) electrons. The molecule has 0 atom stereocenters. The molecular formula is C12H16Cl2O4. The fourth-order valence-corrected chi connectivity index (χ4v) is 1.73. The van der Waals surface area contributed by atoms with Gasteiger partial charge in [0.15, 0.2) is 0 Å². The second-order valence-electron chi connectivity index (χ2n) is 3.81. The van der Waals surface area contributed by atoms with E-state index in [4.69, 9.17) is 32.7 Å². The number of hydrogen-bond donors (Lipinski definition) is 0. The Morgan fingerprint density at radius 2 is 1.11 bits per heavy atom. The van der Waals surface area contributed by atoms with Gasteiger partial charge in [0, 0.05) is 11.8 Å². The summed E-state index contributed by atoms with van der Waals surface area (Å²) in [6.07, 6.45) is 3.10. The minimum absolute atomic E-state index is 0.0560. The molecular weight excluding hydrogens is 279 g/mol. The van der Waals surface area contributed by atoms with Gasteiger partial charge in [0.2, 0.25) is 11.5 Å². The molecule has 0 spiro atoms. The van der Waals surface area contributed by atoms with Gasteiger partial charge in [-0.3, -0.25) is 9.59 Å². The minimum Gasteiger partial charge on any atom is -0.486 e. The zero-order chi connectivity index (χ0) is 13.4. The van der Waals surface area contributed by atoms with E-state index in [1.54, 1.807) is 0 Å². The standard InChI is InChI=1S/C12H16Cl2O4/c13-5-1-3-7-17-11-9(15)10(16)12(11)18-8-4-2-6-14/h1-8H2. The Kier molecular flexibility index (Phi) is 7.13. The summed E-state index contributed by atoms with van der Waals surface area (Å²) in [7, 11) is 0. The van der Waals surface area contributed by atoms with Crippen LogP contribution in [0.25, 0.3) is 0 Å². The molecule has 4 nitrogen and oxygen atoms in total. The fourth-order valence-electron chi connectivity index (χ4n) is 1.35. The monoisotopic (exact) mass is 294 g/mol. The van der Waals surface area contributed by atoms with E-state index in [0.717, 1.165) is 25.7 Å². The van der Waals surface area contributed by atoms with Crippen LogP contribution in [0.5, 0.6) is 11.5 Å². The molecule has 1 aromatic carbocycles. The van der Waals surface area contributed by atoms with Crippen LogP contribution in [0.3, 0.4) is 0 Å². The summed E-state index contributed by atoms with van der Waals surface area (Å²) in [6.45, 7) is 0.741. The smallest absolute Gasteiger partial charge is 0.275 e. The summed E-state index contributed by atoms with van der Waals surface area (Å²) in [5, 5.41) is 0. The number of ether oxygens (including phenoxy) is 2. The first-order chi connectivity index (χ1) is 8.72. The normalized spacial score (nSPS) is 10.8. The largest absolute Gasteiger partial charge is 0.486 e. The van der Waals surface area contributed by atoms with Gasteiger partial charge in [0.05, 0.1) is 13.2 Å². The fraction of sp³-hybridized carbons (Fsp3) is 0.667. The maximum absolute atomic E-state index is 11.3. The molecule has 0 bridgehead atoms. The van der Waals surface area contributed by atoms with Crippen LogP contribution in [0.2, 0.25) is 0 Å². The highest BCUT2D eigenvalue weighted by Gasteiger charge is 2.24. The lowest BCUT2D eigenvalue weighted by atomic mass is 10.2. The SMILES string of the molecule is O=c1c(OCCCCCl)c(OCCCCCl)c1=O. The highest BCUT2D eigenvalue weighted by Crippen LogP contribution is 2.20. The molecule has 1 rings (SSSR count). The molecule has 0 amide bonds. The molecule has 0 N–H and O–H groups in total. The lowest BCUT2D eigenvalue weighted by Gasteiger charge is -2.12. The van der Waals surface area contributed by atoms with Gasteiger partial charge < -0.3 is 9.47 Å². The zero-order valence-corrected chi connectivity index (χ0v) is 11.6. The van der Waals surface area contributed by atoms with E-state index in [1.165, 1.54) is 0 Å². The minimum atomic E-state index is -0.604. The van der Waals surface area contributed by atoms with Crippen LogP contribution in [0.15, 0.2) is 9.59 Å². The number of unbranched alkanes of at least 4 members (excludes halogenated alkanes) is 2. The molecule has 0 aromatic heterocycles. The predicted octanol–water partition coefficient (Wildman–Crippen LogP) is 2.08. The van der Waals surface area contributed by atoms with E-state index >= 15 is 0 Å². The number of halogens is 2. The van der Waals surface area contributed by atoms with E-state index in [0.29, 0.717) is 25.0 Å². The summed E-state index contributed by atoms with van der Waals surface area (Å²) >= 11 is 11.0. The Labute approximate surface area is 115 Å². The lowest BCUT2D eigenvalue weighted by Crippen LogP contribution is -2.34. The van der Waals surface area contributed by atoms with Crippen LogP contribution >= 0.6 is 23.2 Å². The Hall–Kier alpha value is -0.740. The quantitative estimate of drug-likeness (QED) is 0.377. The molecule has 0 heterocycles. The average molecular weight is 295 g/mol. The van der Waals surface area contributed by atoms with E-state index in [1.807, 2.05) is 0 Å². The molecule has 0 saturated heterocycles. The Morgan fingerprint density at radius 1 is 0.722 bits per heavy atom. The van der Waals surface area contributed by atoms with E-state index in [2.05, 4.69) is 0 Å². The van der Waals surface area contributed by atoms with Crippen molar-refractivity contribution < 1.29 is 9.47 Å². The van der Waals surface area contributed by atoms with Crippen molar-refractivity contribution in [3.05, 3.63) is 20.4 Å². The summed E-state index contributed by atoms with van der Waals surface area (Å²) in [4.78, 5) is 22.5. The van der Waals surface area contributed by atoms with Crippen molar-refractivity contribution in [2.24, 2.45) is 0 Å². The first kappa shape index (κ1) is 15.3. The van der Waals surface area contributed by atoms with Crippen molar-refractivity contribution in [1.29, 1.82) is 0 Å². The third-order valence-corrected chi connectivity index (χ3v) is 2.91. The molecule has 0 saturated carbocycles. The molecule has 1 aromatic rings. The predicted molar refractivity (Wildman–Crippen MR) is 72.3 cm³/mol. The third kappa shape index (κ3) is 4.18. The van der Waals surface area contributed by atoms with Crippen molar-refractivity contribution in [1.82, 2.24) is 0 Å². The van der Waals surface area contributed by atoms with E-state index < -0.39 is 10.9 Å². The van der Waals surface area contributed by atoms with Crippen LogP contribution < -0.4 is 20.3 Å². The molecule has 6 heteroatoms. The van der Waals surface area contributed by atoms with Crippen molar-refractivity contribution >= 4 is 23.2 Å². The molecule has 18 heavy (non-hydrogen) atoms. The zero-order valence-electron chi connectivity index (χ0n) is 10.0. The van der Waals surface area contributed by atoms with Crippen LogP contribution in [-0.2, 0) is 0 Å². The second kappa shape index (κ2) is 8.38. The molecule has 0 fully saturated rings. The Bertz CT molecular complexity index is 384. The summed E-state index contributed by atoms with van der Waals surface area (Å²) in [6, 6.07) is 0. The maximum atomic E-state index is 11.3. The van der Waals surface area contributed by atoms with Gasteiger partial charge in [-0.25, -0.2) is 0 Å².